The van der Waals surface area contributed by atoms with Gasteiger partial charge in [-0.2, -0.15) is 0 Å². The van der Waals surface area contributed by atoms with Crippen LogP contribution in [0.5, 0.6) is 0 Å². The van der Waals surface area contributed by atoms with E-state index in [-0.39, 0.29) is 22.6 Å². The second-order valence-electron chi connectivity index (χ2n) is 5.01. The Hall–Kier alpha value is -1.24. The van der Waals surface area contributed by atoms with Crippen molar-refractivity contribution in [3.63, 3.8) is 0 Å². The van der Waals surface area contributed by atoms with Gasteiger partial charge in [0.05, 0.1) is 11.5 Å². The molecule has 0 aromatic heterocycles. The third kappa shape index (κ3) is 4.40. The Bertz CT molecular complexity index is 566. The Morgan fingerprint density at radius 2 is 2.00 bits per heavy atom. The van der Waals surface area contributed by atoms with E-state index < -0.39 is 10.0 Å². The summed E-state index contributed by atoms with van der Waals surface area (Å²) < 4.78 is 32.3. The predicted molar refractivity (Wildman–Crippen MR) is 77.3 cm³/mol. The molecule has 0 saturated carbocycles. The summed E-state index contributed by atoms with van der Waals surface area (Å²) in [6, 6.07) is 5.70. The van der Waals surface area contributed by atoms with Gasteiger partial charge in [0.1, 0.15) is 0 Å². The van der Waals surface area contributed by atoms with E-state index in [0.29, 0.717) is 12.2 Å². The molecule has 0 fully saturated rings. The highest BCUT2D eigenvalue weighted by Crippen LogP contribution is 2.14. The lowest BCUT2D eigenvalue weighted by Gasteiger charge is -2.21. The van der Waals surface area contributed by atoms with Crippen LogP contribution in [-0.4, -0.2) is 34.0 Å². The first-order valence-electron chi connectivity index (χ1n) is 6.40. The lowest BCUT2D eigenvalue weighted by molar-refractivity contribution is 0.101. The number of hydrogen-bond acceptors (Lipinski definition) is 4. The van der Waals surface area contributed by atoms with Crippen molar-refractivity contribution in [2.75, 3.05) is 13.7 Å². The molecular weight excluding hydrogens is 278 g/mol. The fraction of sp³-hybridized carbons (Fsp3) is 0.500. The van der Waals surface area contributed by atoms with Gasteiger partial charge < -0.3 is 4.74 Å². The molecule has 0 bridgehead atoms. The fourth-order valence-electron chi connectivity index (χ4n) is 1.69. The molecule has 112 valence electrons. The van der Waals surface area contributed by atoms with Gasteiger partial charge in [-0.15, -0.1) is 0 Å². The number of methoxy groups -OCH3 is 1. The highest BCUT2D eigenvalue weighted by atomic mass is 32.2. The second-order valence-corrected chi connectivity index (χ2v) is 6.73. The maximum atomic E-state index is 12.3. The van der Waals surface area contributed by atoms with Gasteiger partial charge in [0, 0.05) is 18.7 Å². The molecule has 0 radical (unpaired) electrons. The molecule has 0 aliphatic carbocycles. The first-order chi connectivity index (χ1) is 9.27. The van der Waals surface area contributed by atoms with Crippen molar-refractivity contribution in [3.05, 3.63) is 29.8 Å². The summed E-state index contributed by atoms with van der Waals surface area (Å²) in [5.74, 6) is -0.0694. The SMILES string of the molecule is COCC(NS(=O)(=O)c1cccc(C(C)=O)c1)C(C)C. The molecule has 0 saturated heterocycles. The minimum Gasteiger partial charge on any atom is -0.383 e. The summed E-state index contributed by atoms with van der Waals surface area (Å²) in [5.41, 5.74) is 0.376. The largest absolute Gasteiger partial charge is 0.383 e. The van der Waals surface area contributed by atoms with E-state index >= 15 is 0 Å². The lowest BCUT2D eigenvalue weighted by Crippen LogP contribution is -2.41. The minimum atomic E-state index is -3.66. The van der Waals surface area contributed by atoms with Gasteiger partial charge in [-0.1, -0.05) is 26.0 Å². The van der Waals surface area contributed by atoms with E-state index in [1.807, 2.05) is 13.8 Å². The van der Waals surface area contributed by atoms with Crippen molar-refractivity contribution < 1.29 is 17.9 Å². The molecule has 0 heterocycles. The maximum absolute atomic E-state index is 12.3. The van der Waals surface area contributed by atoms with Crippen molar-refractivity contribution in [1.82, 2.24) is 4.72 Å². The van der Waals surface area contributed by atoms with Gasteiger partial charge in [-0.25, -0.2) is 13.1 Å². The van der Waals surface area contributed by atoms with Gasteiger partial charge in [0.15, 0.2) is 5.78 Å². The number of carbonyl (C=O) groups excluding carboxylic acids is 1. The molecule has 1 aromatic carbocycles. The molecular formula is C14H21NO4S. The first kappa shape index (κ1) is 16.8. The molecule has 0 aliphatic rings. The molecule has 1 unspecified atom stereocenters. The fourth-order valence-corrected chi connectivity index (χ4v) is 3.11. The molecule has 0 aliphatic heterocycles. The number of carbonyl (C=O) groups is 1. The molecule has 1 atom stereocenters. The Morgan fingerprint density at radius 3 is 2.50 bits per heavy atom. The highest BCUT2D eigenvalue weighted by molar-refractivity contribution is 7.89. The van der Waals surface area contributed by atoms with Crippen LogP contribution in [0.3, 0.4) is 0 Å². The summed E-state index contributed by atoms with van der Waals surface area (Å²) in [4.78, 5) is 11.4. The van der Waals surface area contributed by atoms with Crippen LogP contribution in [0.25, 0.3) is 0 Å². The van der Waals surface area contributed by atoms with E-state index in [2.05, 4.69) is 4.72 Å². The van der Waals surface area contributed by atoms with Crippen molar-refractivity contribution in [1.29, 1.82) is 0 Å². The van der Waals surface area contributed by atoms with Gasteiger partial charge in [-0.3, -0.25) is 4.79 Å². The number of ether oxygens (including phenoxy) is 1. The molecule has 0 spiro atoms. The van der Waals surface area contributed by atoms with Gasteiger partial charge in [-0.05, 0) is 25.0 Å². The Kier molecular flexibility index (Phi) is 5.86. The quantitative estimate of drug-likeness (QED) is 0.780. The zero-order valence-electron chi connectivity index (χ0n) is 12.2. The normalized spacial score (nSPS) is 13.4. The topological polar surface area (TPSA) is 72.5 Å². The van der Waals surface area contributed by atoms with Crippen LogP contribution in [0.15, 0.2) is 29.2 Å². The van der Waals surface area contributed by atoms with E-state index in [0.717, 1.165) is 0 Å². The lowest BCUT2D eigenvalue weighted by atomic mass is 10.1. The number of hydrogen-bond donors (Lipinski definition) is 1. The summed E-state index contributed by atoms with van der Waals surface area (Å²) in [7, 11) is -2.14. The predicted octanol–water partition coefficient (Wildman–Crippen LogP) is 1.84. The standard InChI is InChI=1S/C14H21NO4S/c1-10(2)14(9-19-4)15-20(17,18)13-7-5-6-12(8-13)11(3)16/h5-8,10,14-15H,9H2,1-4H3. The Balaban J connectivity index is 3.04. The third-order valence-electron chi connectivity index (χ3n) is 3.01. The van der Waals surface area contributed by atoms with Crippen molar-refractivity contribution in [3.8, 4) is 0 Å². The zero-order valence-corrected chi connectivity index (χ0v) is 13.0. The Morgan fingerprint density at radius 1 is 1.35 bits per heavy atom. The Labute approximate surface area is 120 Å². The first-order valence-corrected chi connectivity index (χ1v) is 7.88. The minimum absolute atomic E-state index is 0.0898. The zero-order chi connectivity index (χ0) is 15.3. The van der Waals surface area contributed by atoms with Gasteiger partial charge in [0.2, 0.25) is 10.0 Å². The molecule has 1 rings (SSSR count). The van der Waals surface area contributed by atoms with Crippen LogP contribution >= 0.6 is 0 Å². The number of sulfonamides is 1. The molecule has 5 nitrogen and oxygen atoms in total. The highest BCUT2D eigenvalue weighted by Gasteiger charge is 2.22. The third-order valence-corrected chi connectivity index (χ3v) is 4.50. The van der Waals surface area contributed by atoms with Crippen LogP contribution in [-0.2, 0) is 14.8 Å². The van der Waals surface area contributed by atoms with Crippen LogP contribution in [0.2, 0.25) is 0 Å². The average Bonchev–Trinajstić information content (AvgIpc) is 2.38. The molecule has 20 heavy (non-hydrogen) atoms. The van der Waals surface area contributed by atoms with Crippen LogP contribution < -0.4 is 4.72 Å². The van der Waals surface area contributed by atoms with Crippen LogP contribution in [0.4, 0.5) is 0 Å². The van der Waals surface area contributed by atoms with E-state index in [1.54, 1.807) is 12.1 Å². The summed E-state index contributed by atoms with van der Waals surface area (Å²) in [5, 5.41) is 0. The monoisotopic (exact) mass is 299 g/mol. The molecule has 6 heteroatoms. The molecule has 1 N–H and O–H groups in total. The summed E-state index contributed by atoms with van der Waals surface area (Å²) >= 11 is 0. The smallest absolute Gasteiger partial charge is 0.240 e. The average molecular weight is 299 g/mol. The van der Waals surface area contributed by atoms with E-state index in [9.17, 15) is 13.2 Å². The number of nitrogens with one attached hydrogen (secondary N) is 1. The van der Waals surface area contributed by atoms with Gasteiger partial charge >= 0.3 is 0 Å². The molecule has 0 amide bonds. The number of Topliss-reactive ketones (excluding diaryl/α,β-unsaturated/α-hetero) is 1. The second kappa shape index (κ2) is 6.97. The van der Waals surface area contributed by atoms with Crippen molar-refractivity contribution >= 4 is 15.8 Å². The summed E-state index contributed by atoms with van der Waals surface area (Å²) in [6.45, 7) is 5.53. The van der Waals surface area contributed by atoms with Crippen LogP contribution in [0, 0.1) is 5.92 Å². The van der Waals surface area contributed by atoms with E-state index in [4.69, 9.17) is 4.74 Å². The van der Waals surface area contributed by atoms with Crippen molar-refractivity contribution in [2.45, 2.75) is 31.7 Å². The summed E-state index contributed by atoms with van der Waals surface area (Å²) in [6.07, 6.45) is 0. The molecule has 1 aromatic rings. The van der Waals surface area contributed by atoms with Crippen LogP contribution in [0.1, 0.15) is 31.1 Å². The maximum Gasteiger partial charge on any atom is 0.240 e. The number of rotatable bonds is 7. The number of ketones is 1. The number of benzene rings is 1. The van der Waals surface area contributed by atoms with Crippen molar-refractivity contribution in [2.24, 2.45) is 5.92 Å². The van der Waals surface area contributed by atoms with E-state index in [1.165, 1.54) is 26.2 Å². The van der Waals surface area contributed by atoms with Gasteiger partial charge in [0.25, 0.3) is 0 Å².